The average Bonchev–Trinajstić information content (AvgIpc) is 2.98. The number of aryl methyl sites for hydroxylation is 1. The van der Waals surface area contributed by atoms with Gasteiger partial charge >= 0.3 is 0 Å². The van der Waals surface area contributed by atoms with E-state index in [1.54, 1.807) is 18.2 Å². The van der Waals surface area contributed by atoms with Crippen LogP contribution in [0.15, 0.2) is 36.7 Å². The molecule has 0 N–H and O–H groups in total. The molecule has 0 saturated carbocycles. The van der Waals surface area contributed by atoms with E-state index in [-0.39, 0.29) is 11.8 Å². The molecule has 1 saturated heterocycles. The van der Waals surface area contributed by atoms with E-state index < -0.39 is 0 Å². The van der Waals surface area contributed by atoms with Crippen molar-refractivity contribution in [1.29, 1.82) is 0 Å². The third-order valence-corrected chi connectivity index (χ3v) is 4.94. The number of carbonyl (C=O) groups excluding carboxylic acids is 2. The molecule has 2 aromatic rings. The summed E-state index contributed by atoms with van der Waals surface area (Å²) >= 11 is 0. The number of carbonyl (C=O) groups is 2. The van der Waals surface area contributed by atoms with Crippen LogP contribution in [0.2, 0.25) is 0 Å². The van der Waals surface area contributed by atoms with Crippen LogP contribution in [0.25, 0.3) is 0 Å². The van der Waals surface area contributed by atoms with Crippen molar-refractivity contribution in [1.82, 2.24) is 14.4 Å². The lowest BCUT2D eigenvalue weighted by Gasteiger charge is -2.23. The minimum Gasteiger partial charge on any atom is -0.486 e. The highest BCUT2D eigenvalue weighted by atomic mass is 16.6. The van der Waals surface area contributed by atoms with Crippen LogP contribution in [0.4, 0.5) is 0 Å². The summed E-state index contributed by atoms with van der Waals surface area (Å²) in [6, 6.07) is 7.12. The SMILES string of the molecule is Cn1ccc(C(=O)N2CCCN(C(=O)c3ccc4c(c3)OCCO4)CC2)c1. The predicted molar refractivity (Wildman–Crippen MR) is 99.3 cm³/mol. The van der Waals surface area contributed by atoms with Crippen LogP contribution in [0.5, 0.6) is 11.5 Å². The monoisotopic (exact) mass is 369 g/mol. The standard InChI is InChI=1S/C20H23N3O4/c1-21-8-5-16(14-21)20(25)23-7-2-6-22(9-10-23)19(24)15-3-4-17-18(13-15)27-12-11-26-17/h3-5,8,13-14H,2,6-7,9-12H2,1H3. The second-order valence-electron chi connectivity index (χ2n) is 6.86. The Hall–Kier alpha value is -2.96. The van der Waals surface area contributed by atoms with Gasteiger partial charge in [-0.05, 0) is 30.7 Å². The molecule has 142 valence electrons. The largest absolute Gasteiger partial charge is 0.486 e. The summed E-state index contributed by atoms with van der Waals surface area (Å²) in [4.78, 5) is 29.2. The van der Waals surface area contributed by atoms with Crippen LogP contribution in [0.3, 0.4) is 0 Å². The van der Waals surface area contributed by atoms with E-state index in [0.717, 1.165) is 6.42 Å². The van der Waals surface area contributed by atoms with E-state index in [1.165, 1.54) is 0 Å². The fourth-order valence-corrected chi connectivity index (χ4v) is 3.50. The van der Waals surface area contributed by atoms with E-state index in [9.17, 15) is 9.59 Å². The van der Waals surface area contributed by atoms with Gasteiger partial charge in [-0.2, -0.15) is 0 Å². The summed E-state index contributed by atoms with van der Waals surface area (Å²) in [5, 5.41) is 0. The molecule has 2 amide bonds. The van der Waals surface area contributed by atoms with Crippen molar-refractivity contribution in [2.24, 2.45) is 7.05 Å². The van der Waals surface area contributed by atoms with Crippen molar-refractivity contribution in [3.63, 3.8) is 0 Å². The lowest BCUT2D eigenvalue weighted by molar-refractivity contribution is 0.0718. The number of fused-ring (bicyclic) bond motifs is 1. The molecule has 0 atom stereocenters. The van der Waals surface area contributed by atoms with Crippen LogP contribution >= 0.6 is 0 Å². The number of aromatic nitrogens is 1. The fraction of sp³-hybridized carbons (Fsp3) is 0.400. The molecule has 1 fully saturated rings. The Balaban J connectivity index is 1.43. The third kappa shape index (κ3) is 3.63. The van der Waals surface area contributed by atoms with Gasteiger partial charge in [-0.25, -0.2) is 0 Å². The molecular formula is C20H23N3O4. The fourth-order valence-electron chi connectivity index (χ4n) is 3.50. The number of rotatable bonds is 2. The molecule has 0 radical (unpaired) electrons. The zero-order chi connectivity index (χ0) is 18.8. The minimum absolute atomic E-state index is 0.0178. The van der Waals surface area contributed by atoms with Gasteiger partial charge in [0.2, 0.25) is 0 Å². The van der Waals surface area contributed by atoms with Crippen molar-refractivity contribution in [3.8, 4) is 11.5 Å². The highest BCUT2D eigenvalue weighted by Gasteiger charge is 2.25. The van der Waals surface area contributed by atoms with Crippen LogP contribution in [-0.4, -0.2) is 65.6 Å². The molecule has 3 heterocycles. The van der Waals surface area contributed by atoms with Crippen LogP contribution < -0.4 is 9.47 Å². The molecule has 2 aliphatic rings. The maximum atomic E-state index is 12.9. The lowest BCUT2D eigenvalue weighted by atomic mass is 10.1. The Labute approximate surface area is 158 Å². The number of hydrogen-bond acceptors (Lipinski definition) is 4. The Morgan fingerprint density at radius 2 is 1.52 bits per heavy atom. The molecule has 4 rings (SSSR count). The summed E-state index contributed by atoms with van der Waals surface area (Å²) in [5.41, 5.74) is 1.27. The molecule has 7 heteroatoms. The van der Waals surface area contributed by atoms with Gasteiger partial charge in [0.25, 0.3) is 11.8 Å². The number of benzene rings is 1. The van der Waals surface area contributed by atoms with E-state index >= 15 is 0 Å². The molecule has 2 aliphatic heterocycles. The van der Waals surface area contributed by atoms with E-state index in [2.05, 4.69) is 0 Å². The Morgan fingerprint density at radius 1 is 0.852 bits per heavy atom. The van der Waals surface area contributed by atoms with Gasteiger partial charge in [-0.1, -0.05) is 0 Å². The molecule has 0 unspecified atom stereocenters. The zero-order valence-electron chi connectivity index (χ0n) is 15.4. The van der Waals surface area contributed by atoms with Crippen LogP contribution in [-0.2, 0) is 7.05 Å². The first-order valence-corrected chi connectivity index (χ1v) is 9.22. The molecule has 1 aromatic heterocycles. The highest BCUT2D eigenvalue weighted by Crippen LogP contribution is 2.31. The summed E-state index contributed by atoms with van der Waals surface area (Å²) in [6.45, 7) is 3.35. The number of amides is 2. The Kier molecular flexibility index (Phi) is 4.75. The first-order chi connectivity index (χ1) is 13.1. The lowest BCUT2D eigenvalue weighted by Crippen LogP contribution is -2.37. The number of ether oxygens (including phenoxy) is 2. The summed E-state index contributed by atoms with van der Waals surface area (Å²) in [7, 11) is 1.90. The zero-order valence-corrected chi connectivity index (χ0v) is 15.4. The molecule has 0 bridgehead atoms. The summed E-state index contributed by atoms with van der Waals surface area (Å²) in [6.07, 6.45) is 4.45. The van der Waals surface area contributed by atoms with E-state index in [4.69, 9.17) is 9.47 Å². The van der Waals surface area contributed by atoms with Gasteiger partial charge in [-0.15, -0.1) is 0 Å². The maximum Gasteiger partial charge on any atom is 0.255 e. The summed E-state index contributed by atoms with van der Waals surface area (Å²) < 4.78 is 13.0. The molecule has 1 aromatic carbocycles. The van der Waals surface area contributed by atoms with E-state index in [1.807, 2.05) is 39.9 Å². The third-order valence-electron chi connectivity index (χ3n) is 4.94. The smallest absolute Gasteiger partial charge is 0.255 e. The van der Waals surface area contributed by atoms with Gasteiger partial charge < -0.3 is 23.8 Å². The second kappa shape index (κ2) is 7.34. The molecule has 0 spiro atoms. The summed E-state index contributed by atoms with van der Waals surface area (Å²) in [5.74, 6) is 1.27. The number of nitrogens with zero attached hydrogens (tertiary/aromatic N) is 3. The van der Waals surface area contributed by atoms with Crippen molar-refractivity contribution < 1.29 is 19.1 Å². The van der Waals surface area contributed by atoms with Gasteiger partial charge in [0, 0.05) is 51.2 Å². The van der Waals surface area contributed by atoms with Crippen LogP contribution in [0.1, 0.15) is 27.1 Å². The first-order valence-electron chi connectivity index (χ1n) is 9.22. The van der Waals surface area contributed by atoms with Crippen LogP contribution in [0, 0.1) is 0 Å². The van der Waals surface area contributed by atoms with Gasteiger partial charge in [0.15, 0.2) is 11.5 Å². The van der Waals surface area contributed by atoms with Crippen molar-refractivity contribution in [3.05, 3.63) is 47.8 Å². The molecular weight excluding hydrogens is 346 g/mol. The Morgan fingerprint density at radius 3 is 2.19 bits per heavy atom. The maximum absolute atomic E-state index is 12.9. The van der Waals surface area contributed by atoms with Gasteiger partial charge in [0.1, 0.15) is 13.2 Å². The normalized spacial score (nSPS) is 16.8. The van der Waals surface area contributed by atoms with Gasteiger partial charge in [0.05, 0.1) is 5.56 Å². The predicted octanol–water partition coefficient (Wildman–Crippen LogP) is 1.78. The minimum atomic E-state index is -0.0408. The average molecular weight is 369 g/mol. The van der Waals surface area contributed by atoms with Gasteiger partial charge in [-0.3, -0.25) is 9.59 Å². The number of hydrogen-bond donors (Lipinski definition) is 0. The van der Waals surface area contributed by atoms with Crippen molar-refractivity contribution >= 4 is 11.8 Å². The Bertz CT molecular complexity index is 861. The molecule has 27 heavy (non-hydrogen) atoms. The van der Waals surface area contributed by atoms with Crippen molar-refractivity contribution in [2.45, 2.75) is 6.42 Å². The highest BCUT2D eigenvalue weighted by molar-refractivity contribution is 5.96. The molecule has 7 nitrogen and oxygen atoms in total. The van der Waals surface area contributed by atoms with Crippen molar-refractivity contribution in [2.75, 3.05) is 39.4 Å². The first kappa shape index (κ1) is 17.5. The topological polar surface area (TPSA) is 64.0 Å². The quantitative estimate of drug-likeness (QED) is 0.810. The molecule has 0 aliphatic carbocycles. The van der Waals surface area contributed by atoms with E-state index in [0.29, 0.717) is 62.0 Å². The second-order valence-corrected chi connectivity index (χ2v) is 6.86.